The molecule has 250 valence electrons. The van der Waals surface area contributed by atoms with Gasteiger partial charge in [-0.2, -0.15) is 0 Å². The van der Waals surface area contributed by atoms with Crippen LogP contribution in [0.2, 0.25) is 0 Å². The fraction of sp³-hybridized carbons (Fsp3) is 0.917. The second-order valence-corrected chi connectivity index (χ2v) is 12.6. The minimum absolute atomic E-state index is 0.367. The molecular formula is C36H71NO5. The Hall–Kier alpha value is -0.950. The maximum absolute atomic E-state index is 12.4. The van der Waals surface area contributed by atoms with Crippen LogP contribution in [0.4, 0.5) is 0 Å². The molecule has 0 aromatic heterocycles. The summed E-state index contributed by atoms with van der Waals surface area (Å²) >= 11 is 0. The molecule has 0 spiro atoms. The van der Waals surface area contributed by atoms with Crippen molar-refractivity contribution in [2.75, 3.05) is 6.61 Å². The van der Waals surface area contributed by atoms with E-state index in [0.29, 0.717) is 12.8 Å². The van der Waals surface area contributed by atoms with Crippen LogP contribution < -0.4 is 5.32 Å². The quantitative estimate of drug-likeness (QED) is 0.0396. The number of amides is 1. The monoisotopic (exact) mass is 598 g/mol. The van der Waals surface area contributed by atoms with Gasteiger partial charge in [0.2, 0.25) is 5.91 Å². The van der Waals surface area contributed by atoms with E-state index in [0.717, 1.165) is 38.5 Å². The van der Waals surface area contributed by atoms with E-state index in [1.807, 2.05) is 0 Å². The molecule has 0 saturated heterocycles. The van der Waals surface area contributed by atoms with Crippen molar-refractivity contribution in [1.29, 1.82) is 0 Å². The molecule has 2 unspecified atom stereocenters. The lowest BCUT2D eigenvalue weighted by Gasteiger charge is -2.27. The van der Waals surface area contributed by atoms with E-state index in [-0.39, 0.29) is 0 Å². The smallest absolute Gasteiger partial charge is 0.249 e. The van der Waals surface area contributed by atoms with E-state index in [2.05, 4.69) is 31.3 Å². The number of nitrogens with one attached hydrogen (secondary N) is 1. The molecule has 0 radical (unpaired) electrons. The fourth-order valence-corrected chi connectivity index (χ4v) is 5.52. The summed E-state index contributed by atoms with van der Waals surface area (Å²) in [6.45, 7) is 3.96. The Kier molecular flexibility index (Phi) is 30.8. The summed E-state index contributed by atoms with van der Waals surface area (Å²) in [5.41, 5.74) is 0. The molecule has 42 heavy (non-hydrogen) atoms. The Labute approximate surface area is 260 Å². The molecule has 6 heteroatoms. The van der Waals surface area contributed by atoms with Gasteiger partial charge in [0.05, 0.1) is 18.8 Å². The van der Waals surface area contributed by atoms with Crippen LogP contribution in [-0.4, -0.2) is 57.3 Å². The van der Waals surface area contributed by atoms with Gasteiger partial charge in [-0.05, 0) is 38.5 Å². The number of carbonyl (C=O) groups excluding carboxylic acids is 1. The molecule has 0 aromatic carbocycles. The molecule has 1 amide bonds. The molecule has 5 N–H and O–H groups in total. The van der Waals surface area contributed by atoms with Gasteiger partial charge in [0, 0.05) is 0 Å². The highest BCUT2D eigenvalue weighted by molar-refractivity contribution is 5.80. The molecule has 0 fully saturated rings. The Morgan fingerprint density at radius 2 is 0.976 bits per heavy atom. The lowest BCUT2D eigenvalue weighted by molar-refractivity contribution is -0.132. The fourth-order valence-electron chi connectivity index (χ4n) is 5.52. The summed E-state index contributed by atoms with van der Waals surface area (Å²) in [7, 11) is 0. The van der Waals surface area contributed by atoms with Gasteiger partial charge < -0.3 is 25.7 Å². The molecule has 6 nitrogen and oxygen atoms in total. The van der Waals surface area contributed by atoms with Crippen molar-refractivity contribution in [2.24, 2.45) is 0 Å². The first-order chi connectivity index (χ1) is 20.5. The molecule has 0 saturated carbocycles. The summed E-state index contributed by atoms with van der Waals surface area (Å²) in [6.07, 6.45) is 31.1. The van der Waals surface area contributed by atoms with Crippen LogP contribution in [0.1, 0.15) is 181 Å². The number of rotatable bonds is 32. The predicted molar refractivity (Wildman–Crippen MR) is 178 cm³/mol. The zero-order valence-electron chi connectivity index (χ0n) is 27.8. The summed E-state index contributed by atoms with van der Waals surface area (Å²) in [6, 6.07) is -0.993. The minimum atomic E-state index is -1.27. The van der Waals surface area contributed by atoms with E-state index in [1.165, 1.54) is 116 Å². The largest absolute Gasteiger partial charge is 0.394 e. The van der Waals surface area contributed by atoms with Gasteiger partial charge in [-0.15, -0.1) is 0 Å². The Morgan fingerprint density at radius 1 is 0.571 bits per heavy atom. The van der Waals surface area contributed by atoms with Crippen molar-refractivity contribution < 1.29 is 25.2 Å². The van der Waals surface area contributed by atoms with Gasteiger partial charge in [-0.1, -0.05) is 154 Å². The summed E-state index contributed by atoms with van der Waals surface area (Å²) in [4.78, 5) is 12.4. The third-order valence-electron chi connectivity index (χ3n) is 8.48. The van der Waals surface area contributed by atoms with Gasteiger partial charge in [-0.3, -0.25) is 4.79 Å². The van der Waals surface area contributed by atoms with Gasteiger partial charge in [0.1, 0.15) is 12.2 Å². The lowest BCUT2D eigenvalue weighted by atomic mass is 10.00. The van der Waals surface area contributed by atoms with E-state index in [4.69, 9.17) is 0 Å². The number of hydrogen-bond acceptors (Lipinski definition) is 5. The number of aliphatic hydroxyl groups excluding tert-OH is 4. The molecule has 0 aromatic rings. The van der Waals surface area contributed by atoms with Crippen molar-refractivity contribution in [3.8, 4) is 0 Å². The van der Waals surface area contributed by atoms with Crippen LogP contribution in [-0.2, 0) is 4.79 Å². The number of hydrogen-bond donors (Lipinski definition) is 5. The zero-order valence-corrected chi connectivity index (χ0v) is 27.8. The van der Waals surface area contributed by atoms with E-state index in [9.17, 15) is 25.2 Å². The van der Waals surface area contributed by atoms with Crippen LogP contribution in [0.3, 0.4) is 0 Å². The average molecular weight is 598 g/mol. The zero-order chi connectivity index (χ0) is 31.1. The van der Waals surface area contributed by atoms with Crippen molar-refractivity contribution in [3.63, 3.8) is 0 Å². The highest BCUT2D eigenvalue weighted by atomic mass is 16.3. The molecular weight excluding hydrogens is 526 g/mol. The summed E-state index contributed by atoms with van der Waals surface area (Å²) in [5, 5.41) is 43.2. The van der Waals surface area contributed by atoms with Crippen LogP contribution >= 0.6 is 0 Å². The molecule has 0 bridgehead atoms. The topological polar surface area (TPSA) is 110 Å². The number of allylic oxidation sites excluding steroid dienone is 2. The minimum Gasteiger partial charge on any atom is -0.394 e. The van der Waals surface area contributed by atoms with Crippen LogP contribution in [0, 0.1) is 0 Å². The van der Waals surface area contributed by atoms with Crippen LogP contribution in [0.15, 0.2) is 12.2 Å². The molecule has 0 aliphatic heterocycles. The molecule has 4 atom stereocenters. The van der Waals surface area contributed by atoms with E-state index in [1.54, 1.807) is 0 Å². The van der Waals surface area contributed by atoms with E-state index >= 15 is 0 Å². The number of carbonyl (C=O) groups is 1. The van der Waals surface area contributed by atoms with Crippen molar-refractivity contribution in [3.05, 3.63) is 12.2 Å². The highest BCUT2D eigenvalue weighted by Gasteiger charge is 2.28. The van der Waals surface area contributed by atoms with Crippen LogP contribution in [0.5, 0.6) is 0 Å². The standard InChI is InChI=1S/C36H71NO5/c1-3-5-7-9-11-13-14-15-16-17-18-19-20-21-22-24-26-28-30-34(40)36(42)37-32(31-38)35(41)33(39)29-27-25-23-12-10-8-6-4-2/h12,23,32-35,38-41H,3-11,13-22,24-31H2,1-2H3,(H,37,42)/b23-12+/t32?,33?,34-,35+/m1/s1. The SMILES string of the molecule is CCCCC/C=C/CCCC(O)[C@@H](O)C(CO)NC(=O)[C@H](O)CCCCCCCCCCCCCCCCCCCC. The van der Waals surface area contributed by atoms with Gasteiger partial charge in [-0.25, -0.2) is 0 Å². The second-order valence-electron chi connectivity index (χ2n) is 12.6. The molecule has 0 heterocycles. The Balaban J connectivity index is 3.75. The summed E-state index contributed by atoms with van der Waals surface area (Å²) < 4.78 is 0. The van der Waals surface area contributed by atoms with Gasteiger partial charge in [0.15, 0.2) is 0 Å². The molecule has 0 aliphatic rings. The maximum atomic E-state index is 12.4. The first-order valence-corrected chi connectivity index (χ1v) is 18.1. The molecule has 0 aliphatic carbocycles. The Morgan fingerprint density at radius 3 is 1.43 bits per heavy atom. The van der Waals surface area contributed by atoms with E-state index < -0.39 is 36.9 Å². The van der Waals surface area contributed by atoms with Gasteiger partial charge >= 0.3 is 0 Å². The summed E-state index contributed by atoms with van der Waals surface area (Å²) in [5.74, 6) is -0.595. The van der Waals surface area contributed by atoms with Crippen molar-refractivity contribution in [1.82, 2.24) is 5.32 Å². The lowest BCUT2D eigenvalue weighted by Crippen LogP contribution is -2.53. The Bertz CT molecular complexity index is 599. The normalized spacial score (nSPS) is 14.7. The third-order valence-corrected chi connectivity index (χ3v) is 8.48. The predicted octanol–water partition coefficient (Wildman–Crippen LogP) is 8.28. The first kappa shape index (κ1) is 41.0. The molecule has 0 rings (SSSR count). The van der Waals surface area contributed by atoms with Gasteiger partial charge in [0.25, 0.3) is 0 Å². The second kappa shape index (κ2) is 31.5. The first-order valence-electron chi connectivity index (χ1n) is 18.1. The number of aliphatic hydroxyl groups is 4. The van der Waals surface area contributed by atoms with Crippen LogP contribution in [0.25, 0.3) is 0 Å². The third kappa shape index (κ3) is 25.5. The van der Waals surface area contributed by atoms with Crippen molar-refractivity contribution >= 4 is 5.91 Å². The average Bonchev–Trinajstić information content (AvgIpc) is 2.99. The maximum Gasteiger partial charge on any atom is 0.249 e. The van der Waals surface area contributed by atoms with Crippen molar-refractivity contribution in [2.45, 2.75) is 205 Å². The number of unbranched alkanes of at least 4 members (excludes halogenated alkanes) is 21. The highest BCUT2D eigenvalue weighted by Crippen LogP contribution is 2.15.